The normalized spacial score (nSPS) is 15.3. The Balaban J connectivity index is 1.58. The fourth-order valence-electron chi connectivity index (χ4n) is 2.82. The molecule has 1 saturated heterocycles. The van der Waals surface area contributed by atoms with Crippen LogP contribution in [0.1, 0.15) is 28.9 Å². The predicted molar refractivity (Wildman–Crippen MR) is 87.0 cm³/mol. The molecule has 0 aliphatic carbocycles. The molecule has 2 aromatic rings. The maximum absolute atomic E-state index is 12.0. The summed E-state index contributed by atoms with van der Waals surface area (Å²) in [5.41, 5.74) is 0.957. The second-order valence-electron chi connectivity index (χ2n) is 5.78. The van der Waals surface area contributed by atoms with Gasteiger partial charge >= 0.3 is 0 Å². The minimum absolute atomic E-state index is 0.0287. The first-order valence-corrected chi connectivity index (χ1v) is 7.74. The van der Waals surface area contributed by atoms with Crippen molar-refractivity contribution in [2.75, 3.05) is 18.0 Å². The summed E-state index contributed by atoms with van der Waals surface area (Å²) < 4.78 is 4.91. The highest BCUT2D eigenvalue weighted by Gasteiger charge is 2.23. The number of carbonyl (C=O) groups excluding carboxylic acids is 1. The number of nitrogens with zero attached hydrogens (tertiary/aromatic N) is 3. The van der Waals surface area contributed by atoms with Crippen molar-refractivity contribution in [3.05, 3.63) is 52.1 Å². The third-order valence-electron chi connectivity index (χ3n) is 4.18. The molecule has 0 saturated carbocycles. The van der Waals surface area contributed by atoms with Crippen molar-refractivity contribution in [3.8, 4) is 0 Å². The first-order chi connectivity index (χ1) is 11.5. The van der Waals surface area contributed by atoms with Crippen molar-refractivity contribution in [1.29, 1.82) is 0 Å². The molecule has 1 aliphatic rings. The molecule has 126 valence electrons. The standard InChI is InChI=1S/C16H18N4O4/c1-11-14(20(22)23)2-3-15(17-11)19-7-4-13(5-8-19)18-16(21)12-6-9-24-10-12/h2-3,6,9-10,13H,4-5,7-8H2,1H3,(H,18,21). The van der Waals surface area contributed by atoms with Gasteiger partial charge in [0.25, 0.3) is 11.6 Å². The second kappa shape index (κ2) is 6.69. The highest BCUT2D eigenvalue weighted by molar-refractivity contribution is 5.93. The van der Waals surface area contributed by atoms with E-state index in [9.17, 15) is 14.9 Å². The number of pyridine rings is 1. The van der Waals surface area contributed by atoms with Gasteiger partial charge in [0, 0.05) is 25.2 Å². The first kappa shape index (κ1) is 16.0. The number of furan rings is 1. The van der Waals surface area contributed by atoms with Crippen LogP contribution in [-0.4, -0.2) is 34.9 Å². The number of aromatic nitrogens is 1. The molecule has 3 heterocycles. The summed E-state index contributed by atoms with van der Waals surface area (Å²) in [7, 11) is 0. The molecule has 0 aromatic carbocycles. The van der Waals surface area contributed by atoms with Crippen molar-refractivity contribution in [3.63, 3.8) is 0 Å². The van der Waals surface area contributed by atoms with Gasteiger partial charge in [0.15, 0.2) is 0 Å². The molecule has 0 spiro atoms. The molecule has 0 unspecified atom stereocenters. The summed E-state index contributed by atoms with van der Waals surface area (Å²) in [6.07, 6.45) is 4.48. The number of hydrogen-bond donors (Lipinski definition) is 1. The van der Waals surface area contributed by atoms with E-state index in [-0.39, 0.29) is 17.6 Å². The maximum atomic E-state index is 12.0. The van der Waals surface area contributed by atoms with Crippen molar-refractivity contribution in [2.45, 2.75) is 25.8 Å². The van der Waals surface area contributed by atoms with Gasteiger partial charge < -0.3 is 14.6 Å². The summed E-state index contributed by atoms with van der Waals surface area (Å²) >= 11 is 0. The minimum Gasteiger partial charge on any atom is -0.472 e. The molecule has 0 bridgehead atoms. The van der Waals surface area contributed by atoms with E-state index in [0.29, 0.717) is 11.3 Å². The Morgan fingerprint density at radius 2 is 2.12 bits per heavy atom. The van der Waals surface area contributed by atoms with E-state index in [1.807, 2.05) is 0 Å². The first-order valence-electron chi connectivity index (χ1n) is 7.74. The van der Waals surface area contributed by atoms with Gasteiger partial charge in [0.1, 0.15) is 17.8 Å². The number of aryl methyl sites for hydroxylation is 1. The number of hydrogen-bond acceptors (Lipinski definition) is 6. The summed E-state index contributed by atoms with van der Waals surface area (Å²) in [5, 5.41) is 13.9. The number of nitro groups is 1. The third-order valence-corrected chi connectivity index (χ3v) is 4.18. The van der Waals surface area contributed by atoms with Gasteiger partial charge in [0.05, 0.1) is 16.7 Å². The van der Waals surface area contributed by atoms with Gasteiger partial charge in [-0.15, -0.1) is 0 Å². The van der Waals surface area contributed by atoms with Crippen LogP contribution >= 0.6 is 0 Å². The number of amides is 1. The van der Waals surface area contributed by atoms with Crippen LogP contribution in [0.4, 0.5) is 11.5 Å². The summed E-state index contributed by atoms with van der Waals surface area (Å²) in [6, 6.07) is 4.90. The van der Waals surface area contributed by atoms with E-state index in [1.165, 1.54) is 18.6 Å². The predicted octanol–water partition coefficient (Wildman–Crippen LogP) is 2.29. The van der Waals surface area contributed by atoms with Crippen LogP contribution in [0.5, 0.6) is 0 Å². The molecule has 8 heteroatoms. The van der Waals surface area contributed by atoms with Gasteiger partial charge in [-0.2, -0.15) is 0 Å². The Labute approximate surface area is 138 Å². The monoisotopic (exact) mass is 330 g/mol. The summed E-state index contributed by atoms with van der Waals surface area (Å²) in [5.74, 6) is 0.601. The SMILES string of the molecule is Cc1nc(N2CCC(NC(=O)c3ccoc3)CC2)ccc1[N+](=O)[O-]. The van der Waals surface area contributed by atoms with E-state index in [0.717, 1.165) is 31.7 Å². The van der Waals surface area contributed by atoms with E-state index >= 15 is 0 Å². The second-order valence-corrected chi connectivity index (χ2v) is 5.78. The molecule has 8 nitrogen and oxygen atoms in total. The van der Waals surface area contributed by atoms with Gasteiger partial charge in [-0.1, -0.05) is 0 Å². The molecule has 0 atom stereocenters. The van der Waals surface area contributed by atoms with Crippen LogP contribution in [-0.2, 0) is 0 Å². The Bertz CT molecular complexity index is 737. The Morgan fingerprint density at radius 1 is 1.38 bits per heavy atom. The average molecular weight is 330 g/mol. The lowest BCUT2D eigenvalue weighted by Gasteiger charge is -2.33. The number of nitrogens with one attached hydrogen (secondary N) is 1. The molecule has 1 amide bonds. The van der Waals surface area contributed by atoms with Gasteiger partial charge in [0.2, 0.25) is 0 Å². The number of carbonyl (C=O) groups is 1. The van der Waals surface area contributed by atoms with Crippen LogP contribution in [0.25, 0.3) is 0 Å². The Kier molecular flexibility index (Phi) is 4.45. The van der Waals surface area contributed by atoms with Crippen molar-refractivity contribution in [1.82, 2.24) is 10.3 Å². The number of piperidine rings is 1. The third kappa shape index (κ3) is 3.37. The van der Waals surface area contributed by atoms with Gasteiger partial charge in [-0.3, -0.25) is 14.9 Å². The fraction of sp³-hybridized carbons (Fsp3) is 0.375. The molecule has 0 radical (unpaired) electrons. The number of rotatable bonds is 4. The van der Waals surface area contributed by atoms with Gasteiger partial charge in [-0.05, 0) is 31.9 Å². The molecular weight excluding hydrogens is 312 g/mol. The smallest absolute Gasteiger partial charge is 0.290 e. The van der Waals surface area contributed by atoms with Crippen molar-refractivity contribution >= 4 is 17.4 Å². The van der Waals surface area contributed by atoms with Crippen LogP contribution in [0.15, 0.2) is 35.1 Å². The van der Waals surface area contributed by atoms with Crippen LogP contribution in [0, 0.1) is 17.0 Å². The fourth-order valence-corrected chi connectivity index (χ4v) is 2.82. The molecule has 2 aromatic heterocycles. The molecule has 24 heavy (non-hydrogen) atoms. The van der Waals surface area contributed by atoms with Crippen molar-refractivity contribution in [2.24, 2.45) is 0 Å². The van der Waals surface area contributed by atoms with E-state index < -0.39 is 4.92 Å². The lowest BCUT2D eigenvalue weighted by atomic mass is 10.0. The van der Waals surface area contributed by atoms with E-state index in [4.69, 9.17) is 4.42 Å². The highest BCUT2D eigenvalue weighted by Crippen LogP contribution is 2.23. The van der Waals surface area contributed by atoms with Crippen LogP contribution in [0.3, 0.4) is 0 Å². The quantitative estimate of drug-likeness (QED) is 0.682. The lowest BCUT2D eigenvalue weighted by Crippen LogP contribution is -2.44. The Hall–Kier alpha value is -2.90. The van der Waals surface area contributed by atoms with Gasteiger partial charge in [-0.25, -0.2) is 4.98 Å². The zero-order chi connectivity index (χ0) is 17.1. The van der Waals surface area contributed by atoms with Crippen LogP contribution < -0.4 is 10.2 Å². The minimum atomic E-state index is -0.427. The van der Waals surface area contributed by atoms with E-state index in [2.05, 4.69) is 15.2 Å². The zero-order valence-electron chi connectivity index (χ0n) is 13.3. The molecule has 1 N–H and O–H groups in total. The summed E-state index contributed by atoms with van der Waals surface area (Å²) in [4.78, 5) is 28.9. The van der Waals surface area contributed by atoms with Crippen LogP contribution in [0.2, 0.25) is 0 Å². The maximum Gasteiger partial charge on any atom is 0.290 e. The molecule has 3 rings (SSSR count). The largest absolute Gasteiger partial charge is 0.472 e. The van der Waals surface area contributed by atoms with E-state index in [1.54, 1.807) is 19.1 Å². The average Bonchev–Trinajstić information content (AvgIpc) is 3.09. The summed E-state index contributed by atoms with van der Waals surface area (Å²) in [6.45, 7) is 3.11. The lowest BCUT2D eigenvalue weighted by molar-refractivity contribution is -0.385. The number of anilines is 1. The Morgan fingerprint density at radius 3 is 2.71 bits per heavy atom. The van der Waals surface area contributed by atoms with Crippen molar-refractivity contribution < 1.29 is 14.1 Å². The topological polar surface area (TPSA) is 102 Å². The molecule has 1 fully saturated rings. The molecule has 1 aliphatic heterocycles. The highest BCUT2D eigenvalue weighted by atomic mass is 16.6. The molecular formula is C16H18N4O4. The zero-order valence-corrected chi connectivity index (χ0v) is 13.3.